The standard InChI is InChI=1S/C14H24O/c1-11-4-6-14(15,7-5-11)10-12-8-13(2,3)9-12/h4,6,11-12,15H,5,7-10H2,1-3H3. The fourth-order valence-electron chi connectivity index (χ4n) is 3.32. The third-order valence-electron chi connectivity index (χ3n) is 4.09. The van der Waals surface area contributed by atoms with Crippen molar-refractivity contribution in [3.63, 3.8) is 0 Å². The predicted molar refractivity (Wildman–Crippen MR) is 63.6 cm³/mol. The Hall–Kier alpha value is -0.300. The van der Waals surface area contributed by atoms with Gasteiger partial charge in [0, 0.05) is 0 Å². The Bertz CT molecular complexity index is 259. The summed E-state index contributed by atoms with van der Waals surface area (Å²) in [6.07, 6.45) is 9.92. The Morgan fingerprint density at radius 3 is 2.47 bits per heavy atom. The first-order chi connectivity index (χ1) is 6.89. The van der Waals surface area contributed by atoms with Gasteiger partial charge in [0.2, 0.25) is 0 Å². The summed E-state index contributed by atoms with van der Waals surface area (Å²) >= 11 is 0. The summed E-state index contributed by atoms with van der Waals surface area (Å²) in [5.74, 6) is 1.41. The van der Waals surface area contributed by atoms with Gasteiger partial charge in [-0.1, -0.05) is 32.9 Å². The van der Waals surface area contributed by atoms with Gasteiger partial charge >= 0.3 is 0 Å². The van der Waals surface area contributed by atoms with Gasteiger partial charge in [0.25, 0.3) is 0 Å². The molecule has 0 spiro atoms. The highest BCUT2D eigenvalue weighted by Gasteiger charge is 2.40. The van der Waals surface area contributed by atoms with Crippen molar-refractivity contribution in [3.8, 4) is 0 Å². The Morgan fingerprint density at radius 1 is 1.33 bits per heavy atom. The van der Waals surface area contributed by atoms with Gasteiger partial charge in [0.15, 0.2) is 0 Å². The SMILES string of the molecule is CC1C=CC(O)(CC2CC(C)(C)C2)CC1. The molecular weight excluding hydrogens is 184 g/mol. The minimum Gasteiger partial charge on any atom is -0.386 e. The zero-order chi connectivity index (χ0) is 11.1. The minimum atomic E-state index is -0.478. The molecule has 0 aliphatic heterocycles. The van der Waals surface area contributed by atoms with Crippen molar-refractivity contribution in [2.24, 2.45) is 17.3 Å². The first kappa shape index (κ1) is 11.2. The topological polar surface area (TPSA) is 20.2 Å². The highest BCUT2D eigenvalue weighted by atomic mass is 16.3. The Morgan fingerprint density at radius 2 is 2.00 bits per heavy atom. The van der Waals surface area contributed by atoms with Gasteiger partial charge in [-0.2, -0.15) is 0 Å². The molecule has 0 aromatic carbocycles. The van der Waals surface area contributed by atoms with Crippen LogP contribution in [0, 0.1) is 17.3 Å². The molecule has 86 valence electrons. The van der Waals surface area contributed by atoms with E-state index in [9.17, 15) is 5.11 Å². The van der Waals surface area contributed by atoms with Crippen LogP contribution in [0.15, 0.2) is 12.2 Å². The van der Waals surface area contributed by atoms with Crippen LogP contribution in [0.2, 0.25) is 0 Å². The summed E-state index contributed by atoms with van der Waals surface area (Å²) in [4.78, 5) is 0. The van der Waals surface area contributed by atoms with E-state index in [-0.39, 0.29) is 0 Å². The average molecular weight is 208 g/mol. The quantitative estimate of drug-likeness (QED) is 0.688. The van der Waals surface area contributed by atoms with Crippen molar-refractivity contribution >= 4 is 0 Å². The molecule has 1 heteroatoms. The molecule has 2 aliphatic carbocycles. The minimum absolute atomic E-state index is 0.478. The van der Waals surface area contributed by atoms with Crippen LogP contribution < -0.4 is 0 Å². The van der Waals surface area contributed by atoms with Crippen LogP contribution >= 0.6 is 0 Å². The molecule has 1 N–H and O–H groups in total. The monoisotopic (exact) mass is 208 g/mol. The first-order valence-corrected chi connectivity index (χ1v) is 6.30. The molecule has 2 rings (SSSR count). The zero-order valence-electron chi connectivity index (χ0n) is 10.3. The maximum Gasteiger partial charge on any atom is 0.0830 e. The molecule has 1 saturated carbocycles. The molecule has 0 saturated heterocycles. The van der Waals surface area contributed by atoms with Gasteiger partial charge in [-0.05, 0) is 49.4 Å². The highest BCUT2D eigenvalue weighted by molar-refractivity contribution is 5.08. The summed E-state index contributed by atoms with van der Waals surface area (Å²) in [7, 11) is 0. The molecule has 0 aromatic rings. The number of rotatable bonds is 2. The maximum atomic E-state index is 10.4. The van der Waals surface area contributed by atoms with Gasteiger partial charge in [-0.25, -0.2) is 0 Å². The molecule has 0 aromatic heterocycles. The molecule has 2 atom stereocenters. The van der Waals surface area contributed by atoms with Gasteiger partial charge in [0.1, 0.15) is 0 Å². The maximum absolute atomic E-state index is 10.4. The summed E-state index contributed by atoms with van der Waals surface area (Å²) in [5, 5.41) is 10.4. The molecule has 0 amide bonds. The Balaban J connectivity index is 1.87. The molecule has 1 fully saturated rings. The smallest absolute Gasteiger partial charge is 0.0830 e. The van der Waals surface area contributed by atoms with E-state index in [1.54, 1.807) is 0 Å². The number of aliphatic hydroxyl groups is 1. The van der Waals surface area contributed by atoms with Crippen molar-refractivity contribution in [1.29, 1.82) is 0 Å². The second kappa shape index (κ2) is 3.62. The van der Waals surface area contributed by atoms with Gasteiger partial charge in [-0.15, -0.1) is 0 Å². The van der Waals surface area contributed by atoms with E-state index < -0.39 is 5.60 Å². The van der Waals surface area contributed by atoms with Crippen molar-refractivity contribution in [3.05, 3.63) is 12.2 Å². The van der Waals surface area contributed by atoms with Crippen LogP contribution in [-0.2, 0) is 0 Å². The van der Waals surface area contributed by atoms with E-state index >= 15 is 0 Å². The van der Waals surface area contributed by atoms with E-state index in [1.165, 1.54) is 12.8 Å². The van der Waals surface area contributed by atoms with Gasteiger partial charge in [0.05, 0.1) is 5.60 Å². The Labute approximate surface area is 93.6 Å². The lowest BCUT2D eigenvalue weighted by Crippen LogP contribution is -2.39. The third-order valence-corrected chi connectivity index (χ3v) is 4.09. The fraction of sp³-hybridized carbons (Fsp3) is 0.857. The lowest BCUT2D eigenvalue weighted by Gasteiger charge is -2.46. The highest BCUT2D eigenvalue weighted by Crippen LogP contribution is 2.49. The van der Waals surface area contributed by atoms with Crippen molar-refractivity contribution in [2.45, 2.75) is 58.5 Å². The molecular formula is C14H24O. The number of hydrogen-bond acceptors (Lipinski definition) is 1. The van der Waals surface area contributed by atoms with Gasteiger partial charge < -0.3 is 5.11 Å². The second-order valence-electron chi connectivity index (χ2n) is 6.62. The lowest BCUT2D eigenvalue weighted by atomic mass is 9.61. The normalized spacial score (nSPS) is 40.1. The summed E-state index contributed by atoms with van der Waals surface area (Å²) in [5.41, 5.74) is 0.0559. The van der Waals surface area contributed by atoms with Gasteiger partial charge in [-0.3, -0.25) is 0 Å². The van der Waals surface area contributed by atoms with Crippen LogP contribution in [0.25, 0.3) is 0 Å². The molecule has 1 nitrogen and oxygen atoms in total. The van der Waals surface area contributed by atoms with Crippen LogP contribution in [0.3, 0.4) is 0 Å². The number of hydrogen-bond donors (Lipinski definition) is 1. The van der Waals surface area contributed by atoms with E-state index in [0.717, 1.165) is 25.2 Å². The van der Waals surface area contributed by atoms with E-state index in [2.05, 4.69) is 32.9 Å². The average Bonchev–Trinajstić information content (AvgIpc) is 2.08. The predicted octanol–water partition coefficient (Wildman–Crippen LogP) is 3.53. The number of allylic oxidation sites excluding steroid dienone is 1. The molecule has 15 heavy (non-hydrogen) atoms. The molecule has 0 radical (unpaired) electrons. The third kappa shape index (κ3) is 2.63. The lowest BCUT2D eigenvalue weighted by molar-refractivity contribution is -0.00587. The summed E-state index contributed by atoms with van der Waals surface area (Å²) in [6.45, 7) is 6.88. The zero-order valence-corrected chi connectivity index (χ0v) is 10.3. The van der Waals surface area contributed by atoms with E-state index in [4.69, 9.17) is 0 Å². The molecule has 0 heterocycles. The largest absolute Gasteiger partial charge is 0.386 e. The van der Waals surface area contributed by atoms with Crippen LogP contribution in [0.4, 0.5) is 0 Å². The van der Waals surface area contributed by atoms with Crippen molar-refractivity contribution < 1.29 is 5.11 Å². The summed E-state index contributed by atoms with van der Waals surface area (Å²) < 4.78 is 0. The van der Waals surface area contributed by atoms with Crippen molar-refractivity contribution in [2.75, 3.05) is 0 Å². The first-order valence-electron chi connectivity index (χ1n) is 6.30. The molecule has 2 aliphatic rings. The van der Waals surface area contributed by atoms with Crippen LogP contribution in [0.1, 0.15) is 52.9 Å². The fourth-order valence-corrected chi connectivity index (χ4v) is 3.32. The van der Waals surface area contributed by atoms with Crippen molar-refractivity contribution in [1.82, 2.24) is 0 Å². The van der Waals surface area contributed by atoms with E-state index in [1.807, 2.05) is 0 Å². The molecule has 0 bridgehead atoms. The summed E-state index contributed by atoms with van der Waals surface area (Å²) in [6, 6.07) is 0. The van der Waals surface area contributed by atoms with Crippen LogP contribution in [-0.4, -0.2) is 10.7 Å². The van der Waals surface area contributed by atoms with Crippen LogP contribution in [0.5, 0.6) is 0 Å². The Kier molecular flexibility index (Phi) is 2.70. The van der Waals surface area contributed by atoms with E-state index in [0.29, 0.717) is 11.3 Å². The second-order valence-corrected chi connectivity index (χ2v) is 6.62. The molecule has 2 unspecified atom stereocenters.